The molecule has 96 valence electrons. The molecular formula is C15H31N. The summed E-state index contributed by atoms with van der Waals surface area (Å²) in [5.74, 6) is 0.861. The topological polar surface area (TPSA) is 26.0 Å². The van der Waals surface area contributed by atoms with Crippen LogP contribution in [0.1, 0.15) is 84.0 Å². The largest absolute Gasteiger partial charge is 0.327 e. The first-order valence-corrected chi connectivity index (χ1v) is 7.60. The maximum absolute atomic E-state index is 6.24. The Hall–Kier alpha value is -0.0400. The lowest BCUT2D eigenvalue weighted by molar-refractivity contribution is 0.394. The van der Waals surface area contributed by atoms with Crippen LogP contribution >= 0.6 is 0 Å². The predicted octanol–water partition coefficient (Wildman–Crippen LogP) is 4.64. The lowest BCUT2D eigenvalue weighted by Crippen LogP contribution is -2.28. The predicted molar refractivity (Wildman–Crippen MR) is 72.5 cm³/mol. The molecule has 1 rings (SSSR count). The van der Waals surface area contributed by atoms with E-state index in [0.29, 0.717) is 6.04 Å². The van der Waals surface area contributed by atoms with Crippen molar-refractivity contribution in [2.24, 2.45) is 11.7 Å². The molecule has 16 heavy (non-hydrogen) atoms. The van der Waals surface area contributed by atoms with E-state index in [1.165, 1.54) is 77.0 Å². The molecule has 1 saturated carbocycles. The molecule has 0 aliphatic heterocycles. The third-order valence-corrected chi connectivity index (χ3v) is 4.15. The van der Waals surface area contributed by atoms with Crippen LogP contribution < -0.4 is 5.73 Å². The molecule has 1 aliphatic carbocycles. The molecule has 0 saturated heterocycles. The molecule has 0 spiro atoms. The van der Waals surface area contributed by atoms with Gasteiger partial charge in [0.25, 0.3) is 0 Å². The van der Waals surface area contributed by atoms with Gasteiger partial charge in [0.2, 0.25) is 0 Å². The zero-order chi connectivity index (χ0) is 11.6. The van der Waals surface area contributed by atoms with Gasteiger partial charge in [0.1, 0.15) is 0 Å². The molecule has 0 amide bonds. The number of rotatable bonds is 9. The third kappa shape index (κ3) is 5.89. The van der Waals surface area contributed by atoms with Gasteiger partial charge in [0.05, 0.1) is 0 Å². The van der Waals surface area contributed by atoms with Crippen molar-refractivity contribution in [3.63, 3.8) is 0 Å². The van der Waals surface area contributed by atoms with Crippen LogP contribution in [0.3, 0.4) is 0 Å². The van der Waals surface area contributed by atoms with Crippen LogP contribution in [0.15, 0.2) is 0 Å². The minimum atomic E-state index is 0.512. The highest BCUT2D eigenvalue weighted by Crippen LogP contribution is 2.28. The molecule has 0 heterocycles. The fraction of sp³-hybridized carbons (Fsp3) is 1.00. The zero-order valence-corrected chi connectivity index (χ0v) is 11.2. The lowest BCUT2D eigenvalue weighted by atomic mass is 9.94. The summed E-state index contributed by atoms with van der Waals surface area (Å²) < 4.78 is 0. The van der Waals surface area contributed by atoms with E-state index < -0.39 is 0 Å². The maximum Gasteiger partial charge on any atom is 0.00671 e. The van der Waals surface area contributed by atoms with Crippen molar-refractivity contribution < 1.29 is 0 Å². The Morgan fingerprint density at radius 1 is 0.938 bits per heavy atom. The Morgan fingerprint density at radius 3 is 2.12 bits per heavy atom. The Kier molecular flexibility index (Phi) is 7.92. The summed E-state index contributed by atoms with van der Waals surface area (Å²) in [6.45, 7) is 2.28. The van der Waals surface area contributed by atoms with Gasteiger partial charge in [-0.15, -0.1) is 0 Å². The number of hydrogen-bond donors (Lipinski definition) is 1. The molecule has 0 aromatic heterocycles. The maximum atomic E-state index is 6.24. The van der Waals surface area contributed by atoms with E-state index in [9.17, 15) is 0 Å². The van der Waals surface area contributed by atoms with E-state index >= 15 is 0 Å². The molecule has 1 aliphatic rings. The quantitative estimate of drug-likeness (QED) is 0.568. The summed E-state index contributed by atoms with van der Waals surface area (Å²) in [5.41, 5.74) is 6.24. The van der Waals surface area contributed by atoms with Crippen molar-refractivity contribution in [3.8, 4) is 0 Å². The second kappa shape index (κ2) is 9.04. The highest BCUT2D eigenvalue weighted by molar-refractivity contribution is 4.77. The summed E-state index contributed by atoms with van der Waals surface area (Å²) in [5, 5.41) is 0. The molecule has 0 aromatic rings. The molecule has 1 fully saturated rings. The van der Waals surface area contributed by atoms with Crippen LogP contribution in [0.25, 0.3) is 0 Å². The van der Waals surface area contributed by atoms with Gasteiger partial charge in [-0.1, -0.05) is 64.7 Å². The molecule has 1 nitrogen and oxygen atoms in total. The molecule has 1 atom stereocenters. The van der Waals surface area contributed by atoms with E-state index in [2.05, 4.69) is 6.92 Å². The van der Waals surface area contributed by atoms with Crippen molar-refractivity contribution in [3.05, 3.63) is 0 Å². The van der Waals surface area contributed by atoms with Gasteiger partial charge in [-0.2, -0.15) is 0 Å². The summed E-state index contributed by atoms with van der Waals surface area (Å²) in [4.78, 5) is 0. The molecule has 0 bridgehead atoms. The van der Waals surface area contributed by atoms with Crippen LogP contribution in [-0.2, 0) is 0 Å². The van der Waals surface area contributed by atoms with Crippen LogP contribution in [0.4, 0.5) is 0 Å². The van der Waals surface area contributed by atoms with Crippen molar-refractivity contribution in [2.45, 2.75) is 90.0 Å². The van der Waals surface area contributed by atoms with E-state index in [-0.39, 0.29) is 0 Å². The van der Waals surface area contributed by atoms with Gasteiger partial charge < -0.3 is 5.73 Å². The van der Waals surface area contributed by atoms with Crippen LogP contribution in [0, 0.1) is 5.92 Å². The number of hydrogen-bond acceptors (Lipinski definition) is 1. The normalized spacial score (nSPS) is 19.1. The molecular weight excluding hydrogens is 194 g/mol. The van der Waals surface area contributed by atoms with Gasteiger partial charge in [0, 0.05) is 6.04 Å². The summed E-state index contributed by atoms with van der Waals surface area (Å²) >= 11 is 0. The lowest BCUT2D eigenvalue weighted by Gasteiger charge is -2.18. The second-order valence-corrected chi connectivity index (χ2v) is 5.62. The van der Waals surface area contributed by atoms with Crippen molar-refractivity contribution in [2.75, 3.05) is 0 Å². The minimum absolute atomic E-state index is 0.512. The van der Waals surface area contributed by atoms with E-state index in [1.807, 2.05) is 0 Å². The summed E-state index contributed by atoms with van der Waals surface area (Å²) in [6, 6.07) is 0.512. The monoisotopic (exact) mass is 225 g/mol. The van der Waals surface area contributed by atoms with Gasteiger partial charge in [-0.05, 0) is 25.2 Å². The highest BCUT2D eigenvalue weighted by Gasteiger charge is 2.21. The van der Waals surface area contributed by atoms with Gasteiger partial charge in [0.15, 0.2) is 0 Å². The fourth-order valence-corrected chi connectivity index (χ4v) is 2.96. The van der Waals surface area contributed by atoms with Crippen molar-refractivity contribution in [1.29, 1.82) is 0 Å². The smallest absolute Gasteiger partial charge is 0.00671 e. The summed E-state index contributed by atoms with van der Waals surface area (Å²) in [6.07, 6.45) is 16.8. The number of nitrogens with two attached hydrogens (primary N) is 1. The van der Waals surface area contributed by atoms with E-state index in [1.54, 1.807) is 0 Å². The van der Waals surface area contributed by atoms with Crippen molar-refractivity contribution >= 4 is 0 Å². The Labute approximate surface area is 102 Å². The van der Waals surface area contributed by atoms with Crippen LogP contribution in [0.5, 0.6) is 0 Å². The average Bonchev–Trinajstić information content (AvgIpc) is 2.81. The van der Waals surface area contributed by atoms with Crippen LogP contribution in [-0.4, -0.2) is 6.04 Å². The average molecular weight is 225 g/mol. The number of unbranched alkanes of at least 4 members (excludes halogenated alkanes) is 6. The van der Waals surface area contributed by atoms with E-state index in [0.717, 1.165) is 5.92 Å². The fourth-order valence-electron chi connectivity index (χ4n) is 2.96. The Balaban J connectivity index is 1.86. The highest BCUT2D eigenvalue weighted by atomic mass is 14.6. The Morgan fingerprint density at radius 2 is 1.50 bits per heavy atom. The molecule has 0 aromatic carbocycles. The first kappa shape index (κ1) is 14.0. The molecule has 1 heteroatoms. The second-order valence-electron chi connectivity index (χ2n) is 5.62. The minimum Gasteiger partial charge on any atom is -0.327 e. The molecule has 0 radical (unpaired) electrons. The third-order valence-electron chi connectivity index (χ3n) is 4.15. The van der Waals surface area contributed by atoms with Gasteiger partial charge >= 0.3 is 0 Å². The SMILES string of the molecule is CCCCCCCCCC(N)C1CCCC1. The molecule has 1 unspecified atom stereocenters. The zero-order valence-electron chi connectivity index (χ0n) is 11.2. The van der Waals surface area contributed by atoms with Crippen molar-refractivity contribution in [1.82, 2.24) is 0 Å². The van der Waals surface area contributed by atoms with Gasteiger partial charge in [-0.3, -0.25) is 0 Å². The Bertz CT molecular complexity index is 150. The first-order valence-electron chi connectivity index (χ1n) is 7.60. The van der Waals surface area contributed by atoms with E-state index in [4.69, 9.17) is 5.73 Å². The summed E-state index contributed by atoms with van der Waals surface area (Å²) in [7, 11) is 0. The standard InChI is InChI=1S/C15H31N/c1-2-3-4-5-6-7-8-13-15(16)14-11-9-10-12-14/h14-15H,2-13,16H2,1H3. The van der Waals surface area contributed by atoms with Gasteiger partial charge in [-0.25, -0.2) is 0 Å². The first-order chi connectivity index (χ1) is 7.84. The van der Waals surface area contributed by atoms with Crippen LogP contribution in [0.2, 0.25) is 0 Å². The molecule has 2 N–H and O–H groups in total.